The number of rotatable bonds is 3. The monoisotopic (exact) mass is 302 g/mol. The number of nitrogen functional groups attached to an aromatic ring is 1. The van der Waals surface area contributed by atoms with E-state index in [9.17, 15) is 10.1 Å². The Hall–Kier alpha value is -2.67. The Labute approximate surface area is 127 Å². The average molecular weight is 302 g/mol. The van der Waals surface area contributed by atoms with Crippen molar-refractivity contribution < 1.29 is 4.92 Å². The predicted molar refractivity (Wildman–Crippen MR) is 88.5 cm³/mol. The zero-order valence-electron chi connectivity index (χ0n) is 11.3. The van der Waals surface area contributed by atoms with E-state index in [1.54, 1.807) is 6.07 Å². The van der Waals surface area contributed by atoms with Crippen LogP contribution in [0.4, 0.5) is 22.7 Å². The molecule has 0 atom stereocenters. The fourth-order valence-corrected chi connectivity index (χ4v) is 1.95. The Morgan fingerprint density at radius 3 is 2.33 bits per heavy atom. The van der Waals surface area contributed by atoms with Crippen LogP contribution in [-0.2, 0) is 0 Å². The first-order valence-electron chi connectivity index (χ1n) is 6.14. The molecule has 0 aliphatic heterocycles. The summed E-state index contributed by atoms with van der Waals surface area (Å²) < 4.78 is 0. The minimum Gasteiger partial charge on any atom is -0.393 e. The highest BCUT2D eigenvalue weighted by Crippen LogP contribution is 2.25. The molecule has 0 aromatic heterocycles. The molecule has 0 heterocycles. The van der Waals surface area contributed by atoms with Crippen molar-refractivity contribution in [2.75, 3.05) is 16.4 Å². The molecular weight excluding hydrogens is 288 g/mol. The van der Waals surface area contributed by atoms with Gasteiger partial charge < -0.3 is 16.4 Å². The summed E-state index contributed by atoms with van der Waals surface area (Å²) in [7, 11) is 0. The number of nitrogens with one attached hydrogen (secondary N) is 2. The molecule has 0 spiro atoms. The first-order valence-corrected chi connectivity index (χ1v) is 6.55. The summed E-state index contributed by atoms with van der Waals surface area (Å²) in [6, 6.07) is 12.2. The Morgan fingerprint density at radius 2 is 1.71 bits per heavy atom. The van der Waals surface area contributed by atoms with Gasteiger partial charge in [-0.25, -0.2) is 0 Å². The van der Waals surface area contributed by atoms with Gasteiger partial charge in [0, 0.05) is 17.4 Å². The standard InChI is InChI=1S/C14H14N4O2S/c1-9-2-4-10(5-3-9)16-14(21)17-11-6-7-12(15)13(8-11)18(19)20/h2-8H,15H2,1H3,(H2,16,17,21). The summed E-state index contributed by atoms with van der Waals surface area (Å²) in [4.78, 5) is 10.3. The molecule has 0 amide bonds. The third-order valence-electron chi connectivity index (χ3n) is 2.79. The highest BCUT2D eigenvalue weighted by molar-refractivity contribution is 7.80. The van der Waals surface area contributed by atoms with Crippen LogP contribution < -0.4 is 16.4 Å². The van der Waals surface area contributed by atoms with Crippen molar-refractivity contribution in [2.24, 2.45) is 0 Å². The van der Waals surface area contributed by atoms with E-state index in [0.717, 1.165) is 11.3 Å². The topological polar surface area (TPSA) is 93.2 Å². The highest BCUT2D eigenvalue weighted by atomic mass is 32.1. The van der Waals surface area contributed by atoms with Crippen LogP contribution in [0.3, 0.4) is 0 Å². The van der Waals surface area contributed by atoms with Gasteiger partial charge in [0.25, 0.3) is 5.69 Å². The van der Waals surface area contributed by atoms with E-state index < -0.39 is 4.92 Å². The summed E-state index contributed by atoms with van der Waals surface area (Å²) in [6.07, 6.45) is 0. The maximum Gasteiger partial charge on any atom is 0.294 e. The van der Waals surface area contributed by atoms with E-state index in [0.29, 0.717) is 10.8 Å². The largest absolute Gasteiger partial charge is 0.393 e. The number of nitrogens with zero attached hydrogens (tertiary/aromatic N) is 1. The van der Waals surface area contributed by atoms with Crippen LogP contribution >= 0.6 is 12.2 Å². The van der Waals surface area contributed by atoms with Crippen LogP contribution in [0.15, 0.2) is 42.5 Å². The molecule has 0 aliphatic carbocycles. The molecule has 0 saturated heterocycles. The molecule has 0 fully saturated rings. The third kappa shape index (κ3) is 3.90. The van der Waals surface area contributed by atoms with Crippen molar-refractivity contribution in [2.45, 2.75) is 6.92 Å². The van der Waals surface area contributed by atoms with Crippen LogP contribution in [0.25, 0.3) is 0 Å². The highest BCUT2D eigenvalue weighted by Gasteiger charge is 2.12. The average Bonchev–Trinajstić information content (AvgIpc) is 2.43. The number of anilines is 3. The number of nitro groups is 1. The van der Waals surface area contributed by atoms with Gasteiger partial charge in [-0.3, -0.25) is 10.1 Å². The molecule has 0 radical (unpaired) electrons. The summed E-state index contributed by atoms with van der Waals surface area (Å²) in [5.74, 6) is 0. The molecule has 2 aromatic rings. The van der Waals surface area contributed by atoms with Crippen LogP contribution in [0, 0.1) is 17.0 Å². The van der Waals surface area contributed by atoms with Crippen LogP contribution in [-0.4, -0.2) is 10.0 Å². The van der Waals surface area contributed by atoms with Gasteiger partial charge in [-0.15, -0.1) is 0 Å². The summed E-state index contributed by atoms with van der Waals surface area (Å²) in [6.45, 7) is 1.99. The number of benzene rings is 2. The lowest BCUT2D eigenvalue weighted by Crippen LogP contribution is -2.19. The summed E-state index contributed by atoms with van der Waals surface area (Å²) in [5.41, 5.74) is 7.98. The van der Waals surface area contributed by atoms with Crippen LogP contribution in [0.5, 0.6) is 0 Å². The van der Waals surface area contributed by atoms with E-state index in [1.807, 2.05) is 31.2 Å². The number of aryl methyl sites for hydroxylation is 1. The van der Waals surface area contributed by atoms with Gasteiger partial charge >= 0.3 is 0 Å². The van der Waals surface area contributed by atoms with E-state index in [-0.39, 0.29) is 11.4 Å². The van der Waals surface area contributed by atoms with Crippen molar-refractivity contribution in [1.29, 1.82) is 0 Å². The Kier molecular flexibility index (Phi) is 4.34. The van der Waals surface area contributed by atoms with E-state index in [1.165, 1.54) is 12.1 Å². The SMILES string of the molecule is Cc1ccc(NC(=S)Nc2ccc(N)c([N+](=O)[O-])c2)cc1. The van der Waals surface area contributed by atoms with Gasteiger partial charge in [-0.05, 0) is 43.4 Å². The third-order valence-corrected chi connectivity index (χ3v) is 3.00. The smallest absolute Gasteiger partial charge is 0.294 e. The zero-order valence-corrected chi connectivity index (χ0v) is 12.1. The maximum atomic E-state index is 10.8. The molecule has 0 unspecified atom stereocenters. The van der Waals surface area contributed by atoms with Gasteiger partial charge in [-0.2, -0.15) is 0 Å². The van der Waals surface area contributed by atoms with E-state index >= 15 is 0 Å². The van der Waals surface area contributed by atoms with E-state index in [2.05, 4.69) is 10.6 Å². The first kappa shape index (κ1) is 14.7. The molecular formula is C14H14N4O2S. The van der Waals surface area contributed by atoms with Crippen molar-refractivity contribution in [3.63, 3.8) is 0 Å². The fraction of sp³-hybridized carbons (Fsp3) is 0.0714. The number of hydrogen-bond donors (Lipinski definition) is 3. The zero-order chi connectivity index (χ0) is 15.4. The van der Waals surface area contributed by atoms with Crippen molar-refractivity contribution in [1.82, 2.24) is 0 Å². The molecule has 6 nitrogen and oxygen atoms in total. The van der Waals surface area contributed by atoms with Crippen molar-refractivity contribution in [3.8, 4) is 0 Å². The molecule has 7 heteroatoms. The quantitative estimate of drug-likeness (QED) is 0.349. The number of hydrogen-bond acceptors (Lipinski definition) is 4. The lowest BCUT2D eigenvalue weighted by Gasteiger charge is -2.11. The van der Waals surface area contributed by atoms with Crippen LogP contribution in [0.2, 0.25) is 0 Å². The molecule has 4 N–H and O–H groups in total. The lowest BCUT2D eigenvalue weighted by atomic mass is 10.2. The Morgan fingerprint density at radius 1 is 1.14 bits per heavy atom. The maximum absolute atomic E-state index is 10.8. The van der Waals surface area contributed by atoms with Gasteiger partial charge in [0.15, 0.2) is 5.11 Å². The van der Waals surface area contributed by atoms with E-state index in [4.69, 9.17) is 18.0 Å². The van der Waals surface area contributed by atoms with Gasteiger partial charge in [0.1, 0.15) is 5.69 Å². The Balaban J connectivity index is 2.07. The van der Waals surface area contributed by atoms with Crippen molar-refractivity contribution in [3.05, 3.63) is 58.1 Å². The fourth-order valence-electron chi connectivity index (χ4n) is 1.71. The molecule has 0 bridgehead atoms. The molecule has 2 rings (SSSR count). The normalized spacial score (nSPS) is 9.95. The second kappa shape index (κ2) is 6.19. The molecule has 108 valence electrons. The molecule has 2 aromatic carbocycles. The first-order chi connectivity index (χ1) is 9.95. The van der Waals surface area contributed by atoms with Gasteiger partial charge in [0.05, 0.1) is 4.92 Å². The lowest BCUT2D eigenvalue weighted by molar-refractivity contribution is -0.383. The molecule has 21 heavy (non-hydrogen) atoms. The van der Waals surface area contributed by atoms with Crippen molar-refractivity contribution >= 4 is 40.1 Å². The minimum absolute atomic E-state index is 0.114. The minimum atomic E-state index is -0.531. The molecule has 0 aliphatic rings. The molecule has 0 saturated carbocycles. The van der Waals surface area contributed by atoms with Gasteiger partial charge in [-0.1, -0.05) is 17.7 Å². The predicted octanol–water partition coefficient (Wildman–Crippen LogP) is 3.29. The summed E-state index contributed by atoms with van der Waals surface area (Å²) >= 11 is 5.17. The number of nitrogens with two attached hydrogens (primary N) is 1. The second-order valence-electron chi connectivity index (χ2n) is 4.48. The second-order valence-corrected chi connectivity index (χ2v) is 4.88. The summed E-state index contributed by atoms with van der Waals surface area (Å²) in [5, 5.41) is 17.1. The van der Waals surface area contributed by atoms with Gasteiger partial charge in [0.2, 0.25) is 0 Å². The number of nitro benzene ring substituents is 1. The van der Waals surface area contributed by atoms with Crippen LogP contribution in [0.1, 0.15) is 5.56 Å². The Bertz CT molecular complexity index is 686. The number of thiocarbonyl (C=S) groups is 1.